The number of halogens is 2. The molecule has 0 atom stereocenters. The zero-order valence-electron chi connectivity index (χ0n) is 10.3. The van der Waals surface area contributed by atoms with E-state index < -0.39 is 0 Å². The highest BCUT2D eigenvalue weighted by molar-refractivity contribution is 9.11. The number of hydrogen-bond donors (Lipinski definition) is 1. The molecule has 4 nitrogen and oxygen atoms in total. The predicted molar refractivity (Wildman–Crippen MR) is 86.5 cm³/mol. The van der Waals surface area contributed by atoms with E-state index in [4.69, 9.17) is 0 Å². The second kappa shape index (κ2) is 5.85. The molecule has 20 heavy (non-hydrogen) atoms. The van der Waals surface area contributed by atoms with Gasteiger partial charge in [-0.15, -0.1) is 0 Å². The molecule has 2 heterocycles. The largest absolute Gasteiger partial charge is 0.379 e. The van der Waals surface area contributed by atoms with Crippen LogP contribution >= 0.6 is 31.9 Å². The van der Waals surface area contributed by atoms with Gasteiger partial charge in [0.1, 0.15) is 0 Å². The van der Waals surface area contributed by atoms with Crippen LogP contribution in [-0.2, 0) is 6.54 Å². The van der Waals surface area contributed by atoms with Crippen LogP contribution in [0.5, 0.6) is 0 Å². The third kappa shape index (κ3) is 2.96. The van der Waals surface area contributed by atoms with Crippen LogP contribution in [0, 0.1) is 0 Å². The number of pyridine rings is 1. The van der Waals surface area contributed by atoms with Crippen molar-refractivity contribution in [2.45, 2.75) is 6.54 Å². The molecule has 3 rings (SSSR count). The van der Waals surface area contributed by atoms with Gasteiger partial charge < -0.3 is 5.32 Å². The average Bonchev–Trinajstić information content (AvgIpc) is 2.46. The van der Waals surface area contributed by atoms with E-state index in [0.29, 0.717) is 6.54 Å². The van der Waals surface area contributed by atoms with Gasteiger partial charge in [0, 0.05) is 33.2 Å². The molecular formula is C14H10Br2N4. The van der Waals surface area contributed by atoms with Crippen molar-refractivity contribution < 1.29 is 0 Å². The van der Waals surface area contributed by atoms with E-state index in [0.717, 1.165) is 31.4 Å². The van der Waals surface area contributed by atoms with Gasteiger partial charge in [0.05, 0.1) is 23.3 Å². The van der Waals surface area contributed by atoms with Gasteiger partial charge in [0.25, 0.3) is 0 Å². The van der Waals surface area contributed by atoms with Crippen LogP contribution in [0.25, 0.3) is 11.0 Å². The van der Waals surface area contributed by atoms with E-state index in [2.05, 4.69) is 52.1 Å². The summed E-state index contributed by atoms with van der Waals surface area (Å²) in [5.74, 6) is 0. The molecule has 1 aromatic carbocycles. The Morgan fingerprint density at radius 2 is 1.75 bits per heavy atom. The number of aromatic nitrogens is 3. The lowest BCUT2D eigenvalue weighted by atomic mass is 10.2. The number of nitrogens with one attached hydrogen (secondary N) is 1. The molecule has 3 aromatic rings. The summed E-state index contributed by atoms with van der Waals surface area (Å²) in [5.41, 5.74) is 3.71. The fourth-order valence-electron chi connectivity index (χ4n) is 1.83. The summed E-state index contributed by atoms with van der Waals surface area (Å²) >= 11 is 6.90. The topological polar surface area (TPSA) is 50.7 Å². The Bertz CT molecular complexity index is 761. The monoisotopic (exact) mass is 392 g/mol. The summed E-state index contributed by atoms with van der Waals surface area (Å²) in [5, 5.41) is 3.34. The van der Waals surface area contributed by atoms with Crippen LogP contribution in [0.3, 0.4) is 0 Å². The molecule has 0 amide bonds. The Hall–Kier alpha value is -1.53. The lowest BCUT2D eigenvalue weighted by Gasteiger charge is -2.08. The molecule has 0 saturated carbocycles. The van der Waals surface area contributed by atoms with Crippen molar-refractivity contribution in [2.75, 3.05) is 5.32 Å². The minimum atomic E-state index is 0.639. The molecule has 0 saturated heterocycles. The van der Waals surface area contributed by atoms with Crippen molar-refractivity contribution in [3.8, 4) is 0 Å². The molecule has 0 fully saturated rings. The summed E-state index contributed by atoms with van der Waals surface area (Å²) < 4.78 is 1.93. The van der Waals surface area contributed by atoms with E-state index in [-0.39, 0.29) is 0 Å². The van der Waals surface area contributed by atoms with Gasteiger partial charge in [0.15, 0.2) is 0 Å². The second-order valence-corrected chi connectivity index (χ2v) is 5.97. The molecule has 0 aliphatic rings. The number of nitrogens with zero attached hydrogens (tertiary/aromatic N) is 3. The van der Waals surface area contributed by atoms with Gasteiger partial charge >= 0.3 is 0 Å². The van der Waals surface area contributed by atoms with Gasteiger partial charge in [-0.3, -0.25) is 15.0 Å². The first-order valence-corrected chi connectivity index (χ1v) is 7.55. The Balaban J connectivity index is 1.79. The van der Waals surface area contributed by atoms with Crippen molar-refractivity contribution >= 4 is 48.6 Å². The fourth-order valence-corrected chi connectivity index (χ4v) is 2.96. The Morgan fingerprint density at radius 1 is 0.950 bits per heavy atom. The molecule has 100 valence electrons. The maximum atomic E-state index is 4.37. The number of hydrogen-bond acceptors (Lipinski definition) is 4. The molecule has 1 N–H and O–H groups in total. The minimum absolute atomic E-state index is 0.639. The summed E-state index contributed by atoms with van der Waals surface area (Å²) in [6, 6.07) is 7.91. The molecule has 0 radical (unpaired) electrons. The lowest BCUT2D eigenvalue weighted by Crippen LogP contribution is -2.02. The normalized spacial score (nSPS) is 10.7. The van der Waals surface area contributed by atoms with Crippen LogP contribution in [0.15, 0.2) is 51.8 Å². The molecule has 0 aliphatic carbocycles. The van der Waals surface area contributed by atoms with E-state index in [1.165, 1.54) is 0 Å². The maximum absolute atomic E-state index is 4.37. The van der Waals surface area contributed by atoms with Crippen LogP contribution in [0.2, 0.25) is 0 Å². The third-order valence-electron chi connectivity index (χ3n) is 2.81. The van der Waals surface area contributed by atoms with Gasteiger partial charge in [-0.25, -0.2) is 0 Å². The number of benzene rings is 1. The maximum Gasteiger partial charge on any atom is 0.0907 e. The standard InChI is InChI=1S/C14H10Br2N4/c15-9-5-11(16)14(20-7-9)8-19-10-1-2-12-13(6-10)18-4-3-17-12/h1-7,19H,8H2. The van der Waals surface area contributed by atoms with E-state index in [9.17, 15) is 0 Å². The van der Waals surface area contributed by atoms with Crippen LogP contribution in [-0.4, -0.2) is 15.0 Å². The Morgan fingerprint density at radius 3 is 2.55 bits per heavy atom. The summed E-state index contributed by atoms with van der Waals surface area (Å²) in [6.07, 6.45) is 5.17. The van der Waals surface area contributed by atoms with Crippen LogP contribution < -0.4 is 5.32 Å². The fraction of sp³-hybridized carbons (Fsp3) is 0.0714. The Kier molecular flexibility index (Phi) is 3.93. The first kappa shape index (κ1) is 13.5. The van der Waals surface area contributed by atoms with Gasteiger partial charge in [-0.05, 0) is 56.1 Å². The number of rotatable bonds is 3. The smallest absolute Gasteiger partial charge is 0.0907 e. The summed E-state index contributed by atoms with van der Waals surface area (Å²) in [4.78, 5) is 12.9. The Labute approximate surface area is 132 Å². The highest BCUT2D eigenvalue weighted by Gasteiger charge is 2.03. The van der Waals surface area contributed by atoms with Crippen molar-refractivity contribution in [1.82, 2.24) is 15.0 Å². The summed E-state index contributed by atoms with van der Waals surface area (Å²) in [7, 11) is 0. The average molecular weight is 394 g/mol. The van der Waals surface area contributed by atoms with E-state index >= 15 is 0 Å². The van der Waals surface area contributed by atoms with Crippen molar-refractivity contribution in [3.05, 3.63) is 57.5 Å². The van der Waals surface area contributed by atoms with Crippen molar-refractivity contribution in [2.24, 2.45) is 0 Å². The molecular weight excluding hydrogens is 384 g/mol. The first-order valence-electron chi connectivity index (χ1n) is 5.97. The lowest BCUT2D eigenvalue weighted by molar-refractivity contribution is 1.03. The molecule has 0 unspecified atom stereocenters. The zero-order chi connectivity index (χ0) is 13.9. The molecule has 0 bridgehead atoms. The van der Waals surface area contributed by atoms with Gasteiger partial charge in [-0.1, -0.05) is 0 Å². The van der Waals surface area contributed by atoms with Crippen LogP contribution in [0.4, 0.5) is 5.69 Å². The van der Waals surface area contributed by atoms with Gasteiger partial charge in [0.2, 0.25) is 0 Å². The van der Waals surface area contributed by atoms with Gasteiger partial charge in [-0.2, -0.15) is 0 Å². The highest BCUT2D eigenvalue weighted by Crippen LogP contribution is 2.21. The SMILES string of the molecule is Brc1cnc(CNc2ccc3nccnc3c2)c(Br)c1. The predicted octanol–water partition coefficient (Wildman–Crippen LogP) is 4.16. The molecule has 6 heteroatoms. The highest BCUT2D eigenvalue weighted by atomic mass is 79.9. The second-order valence-electron chi connectivity index (χ2n) is 4.20. The van der Waals surface area contributed by atoms with Crippen molar-refractivity contribution in [3.63, 3.8) is 0 Å². The number of fused-ring (bicyclic) bond motifs is 1. The minimum Gasteiger partial charge on any atom is -0.379 e. The molecule has 0 spiro atoms. The van der Waals surface area contributed by atoms with Crippen molar-refractivity contribution in [1.29, 1.82) is 0 Å². The van der Waals surface area contributed by atoms with Crippen LogP contribution in [0.1, 0.15) is 5.69 Å². The van der Waals surface area contributed by atoms with E-state index in [1.807, 2.05) is 24.3 Å². The molecule has 0 aliphatic heterocycles. The quantitative estimate of drug-likeness (QED) is 0.725. The molecule has 2 aromatic heterocycles. The number of anilines is 1. The third-order valence-corrected chi connectivity index (χ3v) is 3.93. The zero-order valence-corrected chi connectivity index (χ0v) is 13.5. The first-order chi connectivity index (χ1) is 9.72. The van der Waals surface area contributed by atoms with E-state index in [1.54, 1.807) is 18.6 Å². The summed E-state index contributed by atoms with van der Waals surface area (Å²) in [6.45, 7) is 0.639.